The fourth-order valence-corrected chi connectivity index (χ4v) is 4.52. The van der Waals surface area contributed by atoms with Crippen molar-refractivity contribution in [2.75, 3.05) is 23.3 Å². The standard InChI is InChI=1S/C10H13NO6S2/c1-17-10(12)8-6-4-5-7-9(8)11(18(2,13)14)19(3,15)16/h4-7H,1-3H3. The van der Waals surface area contributed by atoms with Crippen LogP contribution < -0.4 is 3.71 Å². The first-order valence-corrected chi connectivity index (χ1v) is 8.66. The topological polar surface area (TPSA) is 97.8 Å². The third-order valence-corrected chi connectivity index (χ3v) is 5.33. The number of methoxy groups -OCH3 is 1. The van der Waals surface area contributed by atoms with Crippen LogP contribution in [-0.4, -0.2) is 42.4 Å². The zero-order valence-corrected chi connectivity index (χ0v) is 12.2. The van der Waals surface area contributed by atoms with E-state index < -0.39 is 26.0 Å². The number of hydrogen-bond acceptors (Lipinski definition) is 6. The molecule has 0 aromatic heterocycles. The molecule has 0 aliphatic rings. The van der Waals surface area contributed by atoms with Crippen molar-refractivity contribution in [1.82, 2.24) is 0 Å². The fraction of sp³-hybridized carbons (Fsp3) is 0.300. The first-order chi connectivity index (χ1) is 8.59. The second-order valence-electron chi connectivity index (χ2n) is 3.73. The van der Waals surface area contributed by atoms with E-state index >= 15 is 0 Å². The van der Waals surface area contributed by atoms with Crippen molar-refractivity contribution in [2.45, 2.75) is 0 Å². The van der Waals surface area contributed by atoms with Crippen LogP contribution in [0.5, 0.6) is 0 Å². The second kappa shape index (κ2) is 5.17. The molecule has 0 atom stereocenters. The summed E-state index contributed by atoms with van der Waals surface area (Å²) in [5.74, 6) is -0.826. The number of esters is 1. The van der Waals surface area contributed by atoms with Gasteiger partial charge in [-0.15, -0.1) is 0 Å². The Kier molecular flexibility index (Phi) is 4.21. The predicted octanol–water partition coefficient (Wildman–Crippen LogP) is 0.199. The van der Waals surface area contributed by atoms with Crippen molar-refractivity contribution in [3.63, 3.8) is 0 Å². The second-order valence-corrected chi connectivity index (χ2v) is 7.63. The summed E-state index contributed by atoms with van der Waals surface area (Å²) in [5.41, 5.74) is -0.416. The number of carbonyl (C=O) groups is 1. The minimum absolute atomic E-state index is 0.152. The van der Waals surface area contributed by atoms with Crippen molar-refractivity contribution >= 4 is 31.7 Å². The first kappa shape index (κ1) is 15.4. The summed E-state index contributed by atoms with van der Waals surface area (Å²) < 4.78 is 51.2. The summed E-state index contributed by atoms with van der Waals surface area (Å²) in [7, 11) is -7.09. The number of ether oxygens (including phenoxy) is 1. The number of para-hydroxylation sites is 1. The van der Waals surface area contributed by atoms with Gasteiger partial charge in [0.1, 0.15) is 0 Å². The lowest BCUT2D eigenvalue weighted by atomic mass is 10.2. The van der Waals surface area contributed by atoms with Gasteiger partial charge < -0.3 is 4.74 Å². The Morgan fingerprint density at radius 3 is 1.95 bits per heavy atom. The van der Waals surface area contributed by atoms with Crippen molar-refractivity contribution in [3.8, 4) is 0 Å². The average Bonchev–Trinajstić information content (AvgIpc) is 2.25. The largest absolute Gasteiger partial charge is 0.465 e. The SMILES string of the molecule is COC(=O)c1ccccc1N(S(C)(=O)=O)S(C)(=O)=O. The van der Waals surface area contributed by atoms with Crippen LogP contribution in [0.4, 0.5) is 5.69 Å². The molecular formula is C10H13NO6S2. The molecule has 19 heavy (non-hydrogen) atoms. The first-order valence-electron chi connectivity index (χ1n) is 4.97. The van der Waals surface area contributed by atoms with Crippen molar-refractivity contribution in [1.29, 1.82) is 0 Å². The highest BCUT2D eigenvalue weighted by molar-refractivity contribution is 8.09. The maximum absolute atomic E-state index is 11.6. The van der Waals surface area contributed by atoms with Gasteiger partial charge in [-0.25, -0.2) is 21.6 Å². The van der Waals surface area contributed by atoms with Crippen LogP contribution in [0.1, 0.15) is 10.4 Å². The van der Waals surface area contributed by atoms with Crippen molar-refractivity contribution < 1.29 is 26.4 Å². The molecule has 106 valence electrons. The molecule has 7 nitrogen and oxygen atoms in total. The lowest BCUT2D eigenvalue weighted by Crippen LogP contribution is -2.36. The van der Waals surface area contributed by atoms with Gasteiger partial charge in [0.15, 0.2) is 0 Å². The van der Waals surface area contributed by atoms with Gasteiger partial charge in [-0.1, -0.05) is 12.1 Å². The van der Waals surface area contributed by atoms with E-state index in [1.807, 2.05) is 0 Å². The smallest absolute Gasteiger partial charge is 0.340 e. The number of anilines is 1. The van der Waals surface area contributed by atoms with Gasteiger partial charge in [0.05, 0.1) is 30.9 Å². The molecule has 0 spiro atoms. The number of sulfonamides is 2. The molecule has 1 rings (SSSR count). The lowest BCUT2D eigenvalue weighted by molar-refractivity contribution is 0.0602. The zero-order chi connectivity index (χ0) is 14.8. The number of nitrogens with zero attached hydrogens (tertiary/aromatic N) is 1. The van der Waals surface area contributed by atoms with E-state index in [2.05, 4.69) is 4.74 Å². The van der Waals surface area contributed by atoms with E-state index in [1.54, 1.807) is 0 Å². The van der Waals surface area contributed by atoms with E-state index in [0.717, 1.165) is 19.6 Å². The van der Waals surface area contributed by atoms with Crippen LogP contribution in [0, 0.1) is 0 Å². The Hall–Kier alpha value is -1.61. The molecule has 0 aliphatic heterocycles. The Morgan fingerprint density at radius 1 is 1.05 bits per heavy atom. The summed E-state index contributed by atoms with van der Waals surface area (Å²) in [6.45, 7) is 0. The molecule has 0 unspecified atom stereocenters. The Morgan fingerprint density at radius 2 is 1.53 bits per heavy atom. The molecule has 0 amide bonds. The molecule has 0 N–H and O–H groups in total. The lowest BCUT2D eigenvalue weighted by Gasteiger charge is -2.21. The zero-order valence-electron chi connectivity index (χ0n) is 10.5. The quantitative estimate of drug-likeness (QED) is 0.737. The molecule has 0 aliphatic carbocycles. The van der Waals surface area contributed by atoms with Gasteiger partial charge in [0.2, 0.25) is 20.0 Å². The van der Waals surface area contributed by atoms with E-state index in [1.165, 1.54) is 24.3 Å². The number of carbonyl (C=O) groups excluding carboxylic acids is 1. The third kappa shape index (κ3) is 3.44. The highest BCUT2D eigenvalue weighted by atomic mass is 32.3. The highest BCUT2D eigenvalue weighted by Crippen LogP contribution is 2.25. The minimum Gasteiger partial charge on any atom is -0.465 e. The minimum atomic E-state index is -4.10. The maximum Gasteiger partial charge on any atom is 0.340 e. The van der Waals surface area contributed by atoms with E-state index in [9.17, 15) is 21.6 Å². The molecule has 0 saturated heterocycles. The molecule has 1 aromatic carbocycles. The molecule has 0 bridgehead atoms. The summed E-state index contributed by atoms with van der Waals surface area (Å²) in [6, 6.07) is 5.39. The highest BCUT2D eigenvalue weighted by Gasteiger charge is 2.30. The Labute approximate surface area is 111 Å². The summed E-state index contributed by atoms with van der Waals surface area (Å²) in [6.07, 6.45) is 1.48. The monoisotopic (exact) mass is 307 g/mol. The van der Waals surface area contributed by atoms with Gasteiger partial charge in [-0.3, -0.25) is 0 Å². The van der Waals surface area contributed by atoms with Crippen molar-refractivity contribution in [3.05, 3.63) is 29.8 Å². The molecular weight excluding hydrogens is 294 g/mol. The van der Waals surface area contributed by atoms with E-state index in [-0.39, 0.29) is 15.0 Å². The molecule has 9 heteroatoms. The molecule has 0 heterocycles. The number of benzene rings is 1. The van der Waals surface area contributed by atoms with Crippen LogP contribution in [0.15, 0.2) is 24.3 Å². The van der Waals surface area contributed by atoms with Gasteiger partial charge in [-0.05, 0) is 12.1 Å². The average molecular weight is 307 g/mol. The van der Waals surface area contributed by atoms with Crippen LogP contribution in [-0.2, 0) is 24.8 Å². The van der Waals surface area contributed by atoms with Gasteiger partial charge in [0.25, 0.3) is 0 Å². The predicted molar refractivity (Wildman–Crippen MR) is 69.9 cm³/mol. The summed E-state index contributed by atoms with van der Waals surface area (Å²) in [5, 5.41) is 0. The Balaban J connectivity index is 3.63. The molecule has 0 radical (unpaired) electrons. The third-order valence-electron chi connectivity index (χ3n) is 2.11. The van der Waals surface area contributed by atoms with Gasteiger partial charge in [0, 0.05) is 0 Å². The van der Waals surface area contributed by atoms with E-state index in [4.69, 9.17) is 0 Å². The fourth-order valence-electron chi connectivity index (χ4n) is 1.52. The normalized spacial score (nSPS) is 11.9. The Bertz CT molecular complexity index is 660. The summed E-state index contributed by atoms with van der Waals surface area (Å²) in [4.78, 5) is 11.6. The van der Waals surface area contributed by atoms with E-state index in [0.29, 0.717) is 0 Å². The molecule has 1 aromatic rings. The van der Waals surface area contributed by atoms with Crippen LogP contribution in [0.25, 0.3) is 0 Å². The number of rotatable bonds is 4. The van der Waals surface area contributed by atoms with Gasteiger partial charge >= 0.3 is 5.97 Å². The van der Waals surface area contributed by atoms with Crippen LogP contribution >= 0.6 is 0 Å². The van der Waals surface area contributed by atoms with Crippen LogP contribution in [0.3, 0.4) is 0 Å². The molecule has 0 fully saturated rings. The maximum atomic E-state index is 11.6. The molecule has 0 saturated carbocycles. The van der Waals surface area contributed by atoms with Crippen LogP contribution in [0.2, 0.25) is 0 Å². The summed E-state index contributed by atoms with van der Waals surface area (Å²) >= 11 is 0. The van der Waals surface area contributed by atoms with Gasteiger partial charge in [-0.2, -0.15) is 3.71 Å². The van der Waals surface area contributed by atoms with Crippen molar-refractivity contribution in [2.24, 2.45) is 0 Å². The number of hydrogen-bond donors (Lipinski definition) is 0.